The molecule has 2 atom stereocenters. The Balaban J connectivity index is 1.65. The van der Waals surface area contributed by atoms with Gasteiger partial charge in [-0.1, -0.05) is 30.3 Å². The first-order valence-electron chi connectivity index (χ1n) is 6.69. The van der Waals surface area contributed by atoms with E-state index in [1.165, 1.54) is 18.4 Å². The molecule has 1 fully saturated rings. The van der Waals surface area contributed by atoms with E-state index >= 15 is 0 Å². The van der Waals surface area contributed by atoms with Gasteiger partial charge >= 0.3 is 0 Å². The standard InChI is InChI=1S/C17H12O4/c18-11-6-7-14-12(8-11)13(9-20-14)15(19)17-16(21-17)10-4-2-1-3-5-10/h1-9,16-18H/t16-,17-/m0/s1. The summed E-state index contributed by atoms with van der Waals surface area (Å²) in [5, 5.41) is 10.2. The second-order valence-corrected chi connectivity index (χ2v) is 5.08. The van der Waals surface area contributed by atoms with Crippen molar-refractivity contribution in [3.8, 4) is 5.75 Å². The molecule has 0 unspecified atom stereocenters. The van der Waals surface area contributed by atoms with Crippen molar-refractivity contribution in [3.63, 3.8) is 0 Å². The van der Waals surface area contributed by atoms with Gasteiger partial charge in [0.2, 0.25) is 0 Å². The molecule has 0 spiro atoms. The maximum absolute atomic E-state index is 12.5. The van der Waals surface area contributed by atoms with Gasteiger partial charge in [-0.15, -0.1) is 0 Å². The van der Waals surface area contributed by atoms with Crippen LogP contribution in [0.3, 0.4) is 0 Å². The zero-order valence-corrected chi connectivity index (χ0v) is 11.0. The number of aromatic hydroxyl groups is 1. The van der Waals surface area contributed by atoms with E-state index < -0.39 is 6.10 Å². The Labute approximate surface area is 120 Å². The quantitative estimate of drug-likeness (QED) is 0.589. The number of carbonyl (C=O) groups is 1. The maximum Gasteiger partial charge on any atom is 0.198 e. The molecule has 2 heterocycles. The first-order chi connectivity index (χ1) is 10.2. The number of epoxide rings is 1. The summed E-state index contributed by atoms with van der Waals surface area (Å²) in [5.74, 6) is -0.0116. The number of rotatable bonds is 3. The van der Waals surface area contributed by atoms with Crippen molar-refractivity contribution in [2.75, 3.05) is 0 Å². The molecule has 1 aliphatic heterocycles. The van der Waals surface area contributed by atoms with Gasteiger partial charge < -0.3 is 14.3 Å². The molecule has 0 amide bonds. The number of benzene rings is 2. The van der Waals surface area contributed by atoms with Crippen LogP contribution in [0.5, 0.6) is 5.75 Å². The third-order valence-corrected chi connectivity index (χ3v) is 3.70. The number of carbonyl (C=O) groups excluding carboxylic acids is 1. The molecular formula is C17H12O4. The van der Waals surface area contributed by atoms with E-state index in [2.05, 4.69) is 0 Å². The highest BCUT2D eigenvalue weighted by Crippen LogP contribution is 2.41. The fraction of sp³-hybridized carbons (Fsp3) is 0.118. The summed E-state index contributed by atoms with van der Waals surface area (Å²) < 4.78 is 10.9. The van der Waals surface area contributed by atoms with Gasteiger partial charge in [0.15, 0.2) is 11.9 Å². The fourth-order valence-corrected chi connectivity index (χ4v) is 2.57. The van der Waals surface area contributed by atoms with E-state index in [4.69, 9.17) is 9.15 Å². The van der Waals surface area contributed by atoms with E-state index in [0.29, 0.717) is 16.5 Å². The Bertz CT molecular complexity index is 819. The van der Waals surface area contributed by atoms with Crippen molar-refractivity contribution >= 4 is 16.8 Å². The van der Waals surface area contributed by atoms with Crippen LogP contribution in [-0.4, -0.2) is 17.0 Å². The lowest BCUT2D eigenvalue weighted by Crippen LogP contribution is -2.07. The molecule has 4 nitrogen and oxygen atoms in total. The van der Waals surface area contributed by atoms with Gasteiger partial charge in [-0.2, -0.15) is 0 Å². The lowest BCUT2D eigenvalue weighted by molar-refractivity contribution is 0.0954. The predicted octanol–water partition coefficient (Wildman–Crippen LogP) is 3.46. The minimum Gasteiger partial charge on any atom is -0.508 e. The van der Waals surface area contributed by atoms with Crippen LogP contribution in [0.15, 0.2) is 59.2 Å². The Morgan fingerprint density at radius 1 is 1.10 bits per heavy atom. The minimum absolute atomic E-state index is 0.106. The summed E-state index contributed by atoms with van der Waals surface area (Å²) in [6.45, 7) is 0. The number of ether oxygens (including phenoxy) is 1. The van der Waals surface area contributed by atoms with E-state index in [1.807, 2.05) is 30.3 Å². The second-order valence-electron chi connectivity index (χ2n) is 5.08. The van der Waals surface area contributed by atoms with Gasteiger partial charge in [0, 0.05) is 5.39 Å². The molecule has 1 N–H and O–H groups in total. The number of furan rings is 1. The monoisotopic (exact) mass is 280 g/mol. The lowest BCUT2D eigenvalue weighted by atomic mass is 10.0. The summed E-state index contributed by atoms with van der Waals surface area (Å²) in [4.78, 5) is 12.5. The van der Waals surface area contributed by atoms with Crippen LogP contribution in [0.25, 0.3) is 11.0 Å². The van der Waals surface area contributed by atoms with Gasteiger partial charge in [-0.05, 0) is 23.8 Å². The van der Waals surface area contributed by atoms with E-state index in [9.17, 15) is 9.90 Å². The molecule has 0 bridgehead atoms. The number of fused-ring (bicyclic) bond motifs is 1. The summed E-state index contributed by atoms with van der Waals surface area (Å²) in [7, 11) is 0. The molecular weight excluding hydrogens is 268 g/mol. The van der Waals surface area contributed by atoms with E-state index in [1.54, 1.807) is 6.07 Å². The number of phenolic OH excluding ortho intramolecular Hbond substituents is 1. The van der Waals surface area contributed by atoms with Gasteiger partial charge in [-0.25, -0.2) is 0 Å². The van der Waals surface area contributed by atoms with Crippen molar-refractivity contribution in [3.05, 3.63) is 65.9 Å². The molecule has 1 aromatic heterocycles. The average molecular weight is 280 g/mol. The SMILES string of the molecule is O=C(c1coc2ccc(O)cc12)[C@@H]1O[C@H]1c1ccccc1. The first kappa shape index (κ1) is 12.2. The van der Waals surface area contributed by atoms with E-state index in [0.717, 1.165) is 5.56 Å². The number of phenols is 1. The molecule has 21 heavy (non-hydrogen) atoms. The lowest BCUT2D eigenvalue weighted by Gasteiger charge is -1.96. The van der Waals surface area contributed by atoms with Crippen molar-refractivity contribution in [2.45, 2.75) is 12.2 Å². The second kappa shape index (κ2) is 4.46. The van der Waals surface area contributed by atoms with E-state index in [-0.39, 0.29) is 17.6 Å². The molecule has 1 saturated heterocycles. The molecule has 1 aliphatic rings. The Hall–Kier alpha value is -2.59. The predicted molar refractivity (Wildman–Crippen MR) is 76.3 cm³/mol. The minimum atomic E-state index is -0.476. The molecule has 0 saturated carbocycles. The Kier molecular flexibility index (Phi) is 2.59. The number of Topliss-reactive ketones (excluding diaryl/α,β-unsaturated/α-hetero) is 1. The van der Waals surface area contributed by atoms with Crippen LogP contribution >= 0.6 is 0 Å². The third-order valence-electron chi connectivity index (χ3n) is 3.70. The van der Waals surface area contributed by atoms with Crippen molar-refractivity contribution < 1.29 is 19.1 Å². The molecule has 4 rings (SSSR count). The molecule has 3 aromatic rings. The van der Waals surface area contributed by atoms with Crippen molar-refractivity contribution in [1.29, 1.82) is 0 Å². The Morgan fingerprint density at radius 3 is 2.71 bits per heavy atom. The summed E-state index contributed by atoms with van der Waals surface area (Å²) in [5.41, 5.74) is 2.02. The highest BCUT2D eigenvalue weighted by molar-refractivity contribution is 6.10. The molecule has 0 aliphatic carbocycles. The first-order valence-corrected chi connectivity index (χ1v) is 6.69. The molecule has 0 radical (unpaired) electrons. The fourth-order valence-electron chi connectivity index (χ4n) is 2.57. The maximum atomic E-state index is 12.5. The highest BCUT2D eigenvalue weighted by Gasteiger charge is 2.46. The van der Waals surface area contributed by atoms with Crippen LogP contribution < -0.4 is 0 Å². The normalized spacial score (nSPS) is 20.6. The van der Waals surface area contributed by atoms with Crippen LogP contribution in [0.1, 0.15) is 22.0 Å². The summed E-state index contributed by atoms with van der Waals surface area (Å²) in [6, 6.07) is 14.4. The van der Waals surface area contributed by atoms with Crippen molar-refractivity contribution in [1.82, 2.24) is 0 Å². The summed E-state index contributed by atoms with van der Waals surface area (Å²) in [6.07, 6.45) is 0.757. The highest BCUT2D eigenvalue weighted by atomic mass is 16.6. The van der Waals surface area contributed by atoms with Crippen LogP contribution in [0, 0.1) is 0 Å². The summed E-state index contributed by atoms with van der Waals surface area (Å²) >= 11 is 0. The molecule has 4 heteroatoms. The molecule has 2 aromatic carbocycles. The van der Waals surface area contributed by atoms with Gasteiger partial charge in [-0.3, -0.25) is 4.79 Å². The molecule has 104 valence electrons. The topological polar surface area (TPSA) is 63.0 Å². The van der Waals surface area contributed by atoms with Gasteiger partial charge in [0.1, 0.15) is 23.7 Å². The smallest absolute Gasteiger partial charge is 0.198 e. The number of hydrogen-bond donors (Lipinski definition) is 1. The zero-order chi connectivity index (χ0) is 14.4. The number of hydrogen-bond acceptors (Lipinski definition) is 4. The van der Waals surface area contributed by atoms with Crippen LogP contribution in [0.4, 0.5) is 0 Å². The van der Waals surface area contributed by atoms with Crippen LogP contribution in [-0.2, 0) is 4.74 Å². The zero-order valence-electron chi connectivity index (χ0n) is 11.0. The average Bonchev–Trinajstić information content (AvgIpc) is 3.21. The number of ketones is 1. The van der Waals surface area contributed by atoms with Crippen LogP contribution in [0.2, 0.25) is 0 Å². The van der Waals surface area contributed by atoms with Gasteiger partial charge in [0.25, 0.3) is 0 Å². The van der Waals surface area contributed by atoms with Gasteiger partial charge in [0.05, 0.1) is 5.56 Å². The van der Waals surface area contributed by atoms with Crippen molar-refractivity contribution in [2.24, 2.45) is 0 Å². The largest absolute Gasteiger partial charge is 0.508 e. The third kappa shape index (κ3) is 2.00. The Morgan fingerprint density at radius 2 is 1.90 bits per heavy atom.